The molecule has 0 spiro atoms. The van der Waals surface area contributed by atoms with Crippen LogP contribution < -0.4 is 11.1 Å². The van der Waals surface area contributed by atoms with Gasteiger partial charge in [-0.1, -0.05) is 12.1 Å². The van der Waals surface area contributed by atoms with Crippen LogP contribution in [-0.4, -0.2) is 51.6 Å². The number of β-lactam (4-membered cyclic amide) rings is 1. The van der Waals surface area contributed by atoms with Crippen LogP contribution in [-0.2, 0) is 19.1 Å². The first-order valence-corrected chi connectivity index (χ1v) is 8.66. The zero-order chi connectivity index (χ0) is 19.3. The molecular weight excluding hydrogens is 354 g/mol. The maximum absolute atomic E-state index is 12.5. The zero-order valence-electron chi connectivity index (χ0n) is 14.3. The number of carbonyl (C=O) groups excluding carboxylic acids is 2. The number of carbonyl (C=O) groups is 3. The Morgan fingerprint density at radius 3 is 2.52 bits per heavy atom. The van der Waals surface area contributed by atoms with E-state index in [9.17, 15) is 24.6 Å². The van der Waals surface area contributed by atoms with Gasteiger partial charge in [-0.15, -0.1) is 0 Å². The van der Waals surface area contributed by atoms with Crippen molar-refractivity contribution in [2.24, 2.45) is 11.7 Å². The van der Waals surface area contributed by atoms with Gasteiger partial charge in [-0.2, -0.15) is 0 Å². The van der Waals surface area contributed by atoms with Crippen LogP contribution in [0.4, 0.5) is 0 Å². The van der Waals surface area contributed by atoms with Gasteiger partial charge in [-0.3, -0.25) is 14.5 Å². The van der Waals surface area contributed by atoms with Crippen molar-refractivity contribution in [3.63, 3.8) is 0 Å². The molecule has 1 aromatic carbocycles. The summed E-state index contributed by atoms with van der Waals surface area (Å²) < 4.78 is 5.62. The number of ether oxygens (including phenoxy) is 1. The minimum absolute atomic E-state index is 0.0509. The molecule has 3 aliphatic rings. The molecule has 9 nitrogen and oxygen atoms in total. The number of allylic oxidation sites excluding steroid dienone is 1. The molecule has 1 aromatic rings. The molecule has 1 saturated carbocycles. The predicted octanol–water partition coefficient (Wildman–Crippen LogP) is -0.176. The number of aromatic hydroxyl groups is 1. The largest absolute Gasteiger partial charge is 0.508 e. The molecule has 3 atom stereocenters. The number of phenols is 1. The molecule has 9 heteroatoms. The number of carboxylic acid groups (broad SMARTS) is 1. The van der Waals surface area contributed by atoms with E-state index < -0.39 is 35.9 Å². The van der Waals surface area contributed by atoms with E-state index in [4.69, 9.17) is 10.5 Å². The molecule has 27 heavy (non-hydrogen) atoms. The smallest absolute Gasteiger partial charge is 0.356 e. The number of carboxylic acids is 1. The minimum Gasteiger partial charge on any atom is -0.508 e. The number of aliphatic carboxylic acids is 1. The molecule has 1 aliphatic carbocycles. The fourth-order valence-corrected chi connectivity index (χ4v) is 3.45. The molecule has 4 rings (SSSR count). The SMILES string of the molecule is N[C@@H](C(=O)N[C@@H]1C(=O)N2C(C(=O)O)=C(C3CC3)OC[C@H]12)c1ccc(O)cc1. The maximum Gasteiger partial charge on any atom is 0.356 e. The van der Waals surface area contributed by atoms with E-state index >= 15 is 0 Å². The number of nitrogens with zero attached hydrogens (tertiary/aromatic N) is 1. The van der Waals surface area contributed by atoms with E-state index in [-0.39, 0.29) is 24.0 Å². The molecular formula is C18H19N3O6. The van der Waals surface area contributed by atoms with Gasteiger partial charge in [0, 0.05) is 5.92 Å². The number of amides is 2. The van der Waals surface area contributed by atoms with Crippen LogP contribution in [0.2, 0.25) is 0 Å². The number of nitrogens with two attached hydrogens (primary N) is 1. The topological polar surface area (TPSA) is 142 Å². The lowest BCUT2D eigenvalue weighted by molar-refractivity contribution is -0.161. The average Bonchev–Trinajstić information content (AvgIpc) is 3.49. The number of rotatable bonds is 5. The highest BCUT2D eigenvalue weighted by Gasteiger charge is 2.56. The molecule has 2 fully saturated rings. The second kappa shape index (κ2) is 6.27. The van der Waals surface area contributed by atoms with E-state index in [2.05, 4.69) is 5.32 Å². The van der Waals surface area contributed by atoms with Gasteiger partial charge in [0.15, 0.2) is 5.70 Å². The van der Waals surface area contributed by atoms with Gasteiger partial charge in [0.1, 0.15) is 36.2 Å². The van der Waals surface area contributed by atoms with E-state index in [1.165, 1.54) is 29.2 Å². The van der Waals surface area contributed by atoms with Crippen molar-refractivity contribution in [3.8, 4) is 5.75 Å². The van der Waals surface area contributed by atoms with Gasteiger partial charge in [-0.05, 0) is 30.5 Å². The molecule has 2 heterocycles. The minimum atomic E-state index is -1.21. The first kappa shape index (κ1) is 17.3. The highest BCUT2D eigenvalue weighted by Crippen LogP contribution is 2.44. The molecule has 2 aliphatic heterocycles. The van der Waals surface area contributed by atoms with Crippen LogP contribution in [0.3, 0.4) is 0 Å². The molecule has 142 valence electrons. The Hall–Kier alpha value is -3.07. The maximum atomic E-state index is 12.5. The van der Waals surface area contributed by atoms with E-state index in [1.807, 2.05) is 0 Å². The first-order valence-electron chi connectivity index (χ1n) is 8.66. The summed E-state index contributed by atoms with van der Waals surface area (Å²) in [5, 5.41) is 21.4. The van der Waals surface area contributed by atoms with Gasteiger partial charge in [0.25, 0.3) is 5.91 Å². The number of fused-ring (bicyclic) bond motifs is 1. The Labute approximate surface area is 154 Å². The van der Waals surface area contributed by atoms with Gasteiger partial charge in [0.05, 0.1) is 0 Å². The zero-order valence-corrected chi connectivity index (χ0v) is 14.3. The van der Waals surface area contributed by atoms with E-state index in [0.717, 1.165) is 12.8 Å². The summed E-state index contributed by atoms with van der Waals surface area (Å²) in [6, 6.07) is 3.40. The summed E-state index contributed by atoms with van der Waals surface area (Å²) in [4.78, 5) is 37.8. The van der Waals surface area contributed by atoms with Gasteiger partial charge in [0.2, 0.25) is 5.91 Å². The summed E-state index contributed by atoms with van der Waals surface area (Å²) in [5.74, 6) is -1.78. The van der Waals surface area contributed by atoms with Crippen LogP contribution in [0, 0.1) is 5.92 Å². The summed E-state index contributed by atoms with van der Waals surface area (Å²) in [7, 11) is 0. The highest BCUT2D eigenvalue weighted by atomic mass is 16.5. The summed E-state index contributed by atoms with van der Waals surface area (Å²) in [6.45, 7) is 0.133. The number of benzene rings is 1. The van der Waals surface area contributed by atoms with Gasteiger partial charge < -0.3 is 26.0 Å². The van der Waals surface area contributed by atoms with Crippen LogP contribution in [0.1, 0.15) is 24.4 Å². The number of hydrogen-bond acceptors (Lipinski definition) is 6. The quantitative estimate of drug-likeness (QED) is 0.525. The normalized spacial score (nSPS) is 25.2. The molecule has 0 bridgehead atoms. The van der Waals surface area contributed by atoms with Crippen molar-refractivity contribution in [2.45, 2.75) is 31.0 Å². The summed E-state index contributed by atoms with van der Waals surface area (Å²) in [6.07, 6.45) is 1.70. The van der Waals surface area contributed by atoms with Crippen molar-refractivity contribution in [1.29, 1.82) is 0 Å². The third-order valence-corrected chi connectivity index (χ3v) is 5.09. The fraction of sp³-hybridized carbons (Fsp3) is 0.389. The van der Waals surface area contributed by atoms with Crippen molar-refractivity contribution < 1.29 is 29.3 Å². The van der Waals surface area contributed by atoms with E-state index in [1.54, 1.807) is 0 Å². The van der Waals surface area contributed by atoms with Gasteiger partial charge >= 0.3 is 5.97 Å². The molecule has 2 amide bonds. The number of hydrogen-bond donors (Lipinski definition) is 4. The molecule has 5 N–H and O–H groups in total. The van der Waals surface area contributed by atoms with Crippen molar-refractivity contribution >= 4 is 17.8 Å². The monoisotopic (exact) mass is 373 g/mol. The molecule has 0 aromatic heterocycles. The highest BCUT2D eigenvalue weighted by molar-refractivity contribution is 6.02. The Morgan fingerprint density at radius 2 is 1.93 bits per heavy atom. The van der Waals surface area contributed by atoms with Crippen molar-refractivity contribution in [1.82, 2.24) is 10.2 Å². The average molecular weight is 373 g/mol. The molecule has 0 unspecified atom stereocenters. The summed E-state index contributed by atoms with van der Waals surface area (Å²) >= 11 is 0. The first-order chi connectivity index (χ1) is 12.9. The Morgan fingerprint density at radius 1 is 1.26 bits per heavy atom. The Balaban J connectivity index is 1.48. The number of phenolic OH excluding ortho intramolecular Hbond substituents is 1. The van der Waals surface area contributed by atoms with Crippen LogP contribution in [0.15, 0.2) is 35.7 Å². The van der Waals surface area contributed by atoms with E-state index in [0.29, 0.717) is 11.3 Å². The third-order valence-electron chi connectivity index (χ3n) is 5.09. The predicted molar refractivity (Wildman–Crippen MR) is 90.9 cm³/mol. The second-order valence-electron chi connectivity index (χ2n) is 6.93. The summed E-state index contributed by atoms with van der Waals surface area (Å²) in [5.41, 5.74) is 6.29. The van der Waals surface area contributed by atoms with Crippen LogP contribution >= 0.6 is 0 Å². The van der Waals surface area contributed by atoms with Crippen molar-refractivity contribution in [3.05, 3.63) is 41.3 Å². The van der Waals surface area contributed by atoms with Crippen LogP contribution in [0.5, 0.6) is 5.75 Å². The van der Waals surface area contributed by atoms with Gasteiger partial charge in [-0.25, -0.2) is 4.79 Å². The third kappa shape index (κ3) is 2.89. The molecule has 1 saturated heterocycles. The fourth-order valence-electron chi connectivity index (χ4n) is 3.45. The Bertz CT molecular complexity index is 845. The van der Waals surface area contributed by atoms with Crippen molar-refractivity contribution in [2.75, 3.05) is 6.61 Å². The van der Waals surface area contributed by atoms with Crippen LogP contribution in [0.25, 0.3) is 0 Å². The lowest BCUT2D eigenvalue weighted by atomic mass is 9.91. The standard InChI is InChI=1S/C18H19N3O6/c19-12(8-3-5-10(22)6-4-8)16(23)20-13-11-7-27-15(9-1-2-9)14(18(25)26)21(11)17(13)24/h3-6,9,11-13,22H,1-2,7,19H2,(H,20,23)(H,25,26)/t11-,12-,13+/m1/s1. The second-order valence-corrected chi connectivity index (χ2v) is 6.93. The lowest BCUT2D eigenvalue weighted by Gasteiger charge is -2.49. The molecule has 0 radical (unpaired) electrons. The lowest BCUT2D eigenvalue weighted by Crippen LogP contribution is -2.73. The Kier molecular flexibility index (Phi) is 4.03. The number of nitrogens with one attached hydrogen (secondary N) is 1.